The molecule has 0 unspecified atom stereocenters. The van der Waals surface area contributed by atoms with Crippen molar-refractivity contribution in [3.63, 3.8) is 0 Å². The number of hydrogen-bond acceptors (Lipinski definition) is 4. The summed E-state index contributed by atoms with van der Waals surface area (Å²) in [6.07, 6.45) is 1.75. The molecular weight excluding hydrogens is 298 g/mol. The first kappa shape index (κ1) is 13.2. The summed E-state index contributed by atoms with van der Waals surface area (Å²) < 4.78 is 1.86. The average molecular weight is 310 g/mol. The van der Waals surface area contributed by atoms with Crippen LogP contribution in [-0.2, 0) is 6.54 Å². The van der Waals surface area contributed by atoms with Crippen molar-refractivity contribution in [2.45, 2.75) is 13.5 Å². The number of benzene rings is 1. The van der Waals surface area contributed by atoms with E-state index in [0.717, 1.165) is 33.5 Å². The van der Waals surface area contributed by atoms with Crippen LogP contribution in [0.2, 0.25) is 5.15 Å². The monoisotopic (exact) mass is 309 g/mol. The number of aromatic nitrogens is 5. The van der Waals surface area contributed by atoms with E-state index in [1.807, 2.05) is 41.9 Å². The van der Waals surface area contributed by atoms with Crippen LogP contribution in [0.15, 0.2) is 42.6 Å². The minimum atomic E-state index is 0.482. The highest BCUT2D eigenvalue weighted by Crippen LogP contribution is 2.19. The Hall–Kier alpha value is -2.53. The van der Waals surface area contributed by atoms with Crippen LogP contribution in [0.25, 0.3) is 22.2 Å². The molecule has 22 heavy (non-hydrogen) atoms. The van der Waals surface area contributed by atoms with Gasteiger partial charge in [0.1, 0.15) is 10.7 Å². The van der Waals surface area contributed by atoms with Crippen molar-refractivity contribution in [3.8, 4) is 0 Å². The Balaban J connectivity index is 1.86. The maximum atomic E-state index is 5.82. The molecule has 0 amide bonds. The summed E-state index contributed by atoms with van der Waals surface area (Å²) >= 11 is 5.82. The maximum Gasteiger partial charge on any atom is 0.178 e. The molecule has 3 aromatic heterocycles. The Labute approximate surface area is 131 Å². The molecule has 0 aliphatic rings. The van der Waals surface area contributed by atoms with Crippen LogP contribution in [0, 0.1) is 6.92 Å². The van der Waals surface area contributed by atoms with Crippen LogP contribution in [-0.4, -0.2) is 24.7 Å². The quantitative estimate of drug-likeness (QED) is 0.533. The van der Waals surface area contributed by atoms with E-state index in [1.165, 1.54) is 0 Å². The first-order valence-electron chi connectivity index (χ1n) is 6.91. The van der Waals surface area contributed by atoms with Gasteiger partial charge in [0.2, 0.25) is 0 Å². The third-order valence-corrected chi connectivity index (χ3v) is 3.75. The third-order valence-electron chi connectivity index (χ3n) is 3.53. The van der Waals surface area contributed by atoms with Gasteiger partial charge in [0.25, 0.3) is 0 Å². The van der Waals surface area contributed by atoms with Gasteiger partial charge in [-0.25, -0.2) is 19.6 Å². The summed E-state index contributed by atoms with van der Waals surface area (Å²) in [5.74, 6) is 0. The highest BCUT2D eigenvalue weighted by molar-refractivity contribution is 6.29. The van der Waals surface area contributed by atoms with Gasteiger partial charge in [-0.2, -0.15) is 5.10 Å². The fraction of sp³-hybridized carbons (Fsp3) is 0.125. The molecule has 1 aromatic carbocycles. The van der Waals surface area contributed by atoms with Gasteiger partial charge in [0, 0.05) is 6.20 Å². The molecule has 0 atom stereocenters. The highest BCUT2D eigenvalue weighted by Gasteiger charge is 2.12. The largest absolute Gasteiger partial charge is 0.244 e. The second-order valence-electron chi connectivity index (χ2n) is 5.12. The molecule has 0 bridgehead atoms. The van der Waals surface area contributed by atoms with Crippen LogP contribution in [0.3, 0.4) is 0 Å². The molecule has 108 valence electrons. The smallest absolute Gasteiger partial charge is 0.178 e. The number of nitrogens with zero attached hydrogens (tertiary/aromatic N) is 5. The fourth-order valence-electron chi connectivity index (χ4n) is 2.47. The van der Waals surface area contributed by atoms with E-state index in [9.17, 15) is 0 Å². The SMILES string of the molecule is Cc1nn(Cc2ccc(Cl)nc2)c2nc3ccccc3nc12. The van der Waals surface area contributed by atoms with Gasteiger partial charge < -0.3 is 0 Å². The number of hydrogen-bond donors (Lipinski definition) is 0. The van der Waals surface area contributed by atoms with E-state index in [2.05, 4.69) is 15.1 Å². The molecule has 0 aliphatic carbocycles. The van der Waals surface area contributed by atoms with Gasteiger partial charge in [0.05, 0.1) is 23.3 Å². The van der Waals surface area contributed by atoms with Gasteiger partial charge in [-0.05, 0) is 30.7 Å². The second kappa shape index (κ2) is 5.03. The molecule has 0 fully saturated rings. The van der Waals surface area contributed by atoms with E-state index >= 15 is 0 Å². The molecule has 3 heterocycles. The fourth-order valence-corrected chi connectivity index (χ4v) is 2.58. The Morgan fingerprint density at radius 2 is 1.82 bits per heavy atom. The molecule has 0 spiro atoms. The van der Waals surface area contributed by atoms with Crippen molar-refractivity contribution in [3.05, 3.63) is 59.0 Å². The Morgan fingerprint density at radius 1 is 1.05 bits per heavy atom. The zero-order valence-electron chi connectivity index (χ0n) is 11.9. The summed E-state index contributed by atoms with van der Waals surface area (Å²) in [7, 11) is 0. The first-order chi connectivity index (χ1) is 10.7. The average Bonchev–Trinajstić information content (AvgIpc) is 2.83. The lowest BCUT2D eigenvalue weighted by molar-refractivity contribution is 0.695. The Morgan fingerprint density at radius 3 is 2.55 bits per heavy atom. The van der Waals surface area contributed by atoms with Crippen molar-refractivity contribution in [2.75, 3.05) is 0 Å². The highest BCUT2D eigenvalue weighted by atomic mass is 35.5. The number of fused-ring (bicyclic) bond motifs is 2. The Bertz CT molecular complexity index is 975. The summed E-state index contributed by atoms with van der Waals surface area (Å²) in [6.45, 7) is 2.53. The molecule has 4 rings (SSSR count). The second-order valence-corrected chi connectivity index (χ2v) is 5.50. The molecule has 6 heteroatoms. The van der Waals surface area contributed by atoms with Crippen LogP contribution in [0.1, 0.15) is 11.3 Å². The number of aryl methyl sites for hydroxylation is 1. The first-order valence-corrected chi connectivity index (χ1v) is 7.29. The lowest BCUT2D eigenvalue weighted by Gasteiger charge is -2.03. The van der Waals surface area contributed by atoms with Crippen LogP contribution >= 0.6 is 11.6 Å². The number of rotatable bonds is 2. The molecule has 4 aromatic rings. The Kier molecular flexibility index (Phi) is 3.01. The van der Waals surface area contributed by atoms with Crippen LogP contribution in [0.5, 0.6) is 0 Å². The summed E-state index contributed by atoms with van der Waals surface area (Å²) in [4.78, 5) is 13.5. The predicted octanol–water partition coefficient (Wildman–Crippen LogP) is 3.38. The van der Waals surface area contributed by atoms with Crippen molar-refractivity contribution >= 4 is 33.8 Å². The van der Waals surface area contributed by atoms with Crippen molar-refractivity contribution < 1.29 is 0 Å². The van der Waals surface area contributed by atoms with Crippen molar-refractivity contribution in [1.82, 2.24) is 24.7 Å². The zero-order chi connectivity index (χ0) is 15.1. The topological polar surface area (TPSA) is 56.5 Å². The molecule has 0 N–H and O–H groups in total. The molecule has 0 aliphatic heterocycles. The molecule has 5 nitrogen and oxygen atoms in total. The van der Waals surface area contributed by atoms with E-state index in [0.29, 0.717) is 11.7 Å². The standard InChI is InChI=1S/C16H12ClN5/c1-10-15-16(20-13-5-3-2-4-12(13)19-15)22(21-10)9-11-6-7-14(17)18-8-11/h2-8H,9H2,1H3. The number of pyridine rings is 1. The zero-order valence-corrected chi connectivity index (χ0v) is 12.6. The summed E-state index contributed by atoms with van der Waals surface area (Å²) in [5.41, 5.74) is 5.25. The molecule has 0 radical (unpaired) electrons. The summed E-state index contributed by atoms with van der Waals surface area (Å²) in [5, 5.41) is 5.04. The molecular formula is C16H12ClN5. The van der Waals surface area contributed by atoms with Crippen LogP contribution in [0.4, 0.5) is 0 Å². The minimum absolute atomic E-state index is 0.482. The van der Waals surface area contributed by atoms with Gasteiger partial charge in [0.15, 0.2) is 5.65 Å². The lowest BCUT2D eigenvalue weighted by Crippen LogP contribution is -2.03. The van der Waals surface area contributed by atoms with Gasteiger partial charge >= 0.3 is 0 Å². The normalized spacial score (nSPS) is 11.4. The minimum Gasteiger partial charge on any atom is -0.244 e. The van der Waals surface area contributed by atoms with Crippen molar-refractivity contribution in [1.29, 1.82) is 0 Å². The lowest BCUT2D eigenvalue weighted by atomic mass is 10.3. The van der Waals surface area contributed by atoms with E-state index < -0.39 is 0 Å². The van der Waals surface area contributed by atoms with E-state index in [4.69, 9.17) is 16.6 Å². The van der Waals surface area contributed by atoms with Crippen molar-refractivity contribution in [2.24, 2.45) is 0 Å². The van der Waals surface area contributed by atoms with Gasteiger partial charge in [-0.3, -0.25) is 0 Å². The van der Waals surface area contributed by atoms with Gasteiger partial charge in [-0.15, -0.1) is 0 Å². The van der Waals surface area contributed by atoms with E-state index in [-0.39, 0.29) is 0 Å². The molecule has 0 saturated heterocycles. The predicted molar refractivity (Wildman–Crippen MR) is 85.9 cm³/mol. The third kappa shape index (κ3) is 2.19. The number of halogens is 1. The van der Waals surface area contributed by atoms with Crippen LogP contribution < -0.4 is 0 Å². The summed E-state index contributed by atoms with van der Waals surface area (Å²) in [6, 6.07) is 11.5. The molecule has 0 saturated carbocycles. The van der Waals surface area contributed by atoms with Gasteiger partial charge in [-0.1, -0.05) is 29.8 Å². The number of para-hydroxylation sites is 2. The maximum absolute atomic E-state index is 5.82. The van der Waals surface area contributed by atoms with E-state index in [1.54, 1.807) is 12.3 Å².